The van der Waals surface area contributed by atoms with E-state index in [1.807, 2.05) is 0 Å². The SMILES string of the molecule is CCN(CC)S(=O)(=O)c1ccc(N2CCCCC2)c(NC(=O)CN2CCSC2=O)c1. The molecule has 2 saturated heterocycles. The van der Waals surface area contributed by atoms with Gasteiger partial charge < -0.3 is 15.1 Å². The van der Waals surface area contributed by atoms with Crippen LogP contribution in [0.3, 0.4) is 0 Å². The van der Waals surface area contributed by atoms with Gasteiger partial charge in [0.15, 0.2) is 0 Å². The molecule has 1 aromatic carbocycles. The maximum Gasteiger partial charge on any atom is 0.282 e. The number of piperidine rings is 1. The van der Waals surface area contributed by atoms with Gasteiger partial charge >= 0.3 is 0 Å². The number of carbonyl (C=O) groups is 2. The maximum absolute atomic E-state index is 13.0. The molecule has 0 aromatic heterocycles. The van der Waals surface area contributed by atoms with Crippen molar-refractivity contribution in [1.82, 2.24) is 9.21 Å². The quantitative estimate of drug-likeness (QED) is 0.650. The van der Waals surface area contributed by atoms with Gasteiger partial charge in [-0.15, -0.1) is 0 Å². The third-order valence-corrected chi connectivity index (χ3v) is 8.40. The molecule has 8 nitrogen and oxygen atoms in total. The minimum Gasteiger partial charge on any atom is -0.370 e. The number of nitrogens with one attached hydrogen (secondary N) is 1. The van der Waals surface area contributed by atoms with Gasteiger partial charge in [-0.3, -0.25) is 9.59 Å². The Hall–Kier alpha value is -1.78. The summed E-state index contributed by atoms with van der Waals surface area (Å²) in [6.07, 6.45) is 3.29. The van der Waals surface area contributed by atoms with Crippen molar-refractivity contribution in [1.29, 1.82) is 0 Å². The smallest absolute Gasteiger partial charge is 0.282 e. The Morgan fingerprint density at radius 3 is 2.43 bits per heavy atom. The first-order valence-corrected chi connectivity index (χ1v) is 12.9. The highest BCUT2D eigenvalue weighted by Crippen LogP contribution is 2.32. The summed E-state index contributed by atoms with van der Waals surface area (Å²) >= 11 is 1.21. The molecule has 1 aromatic rings. The molecule has 0 spiro atoms. The van der Waals surface area contributed by atoms with E-state index in [0.29, 0.717) is 31.1 Å². The first-order chi connectivity index (χ1) is 14.4. The number of carbonyl (C=O) groups excluding carboxylic acids is 2. The Labute approximate surface area is 183 Å². The van der Waals surface area contributed by atoms with Crippen molar-refractivity contribution in [3.8, 4) is 0 Å². The third-order valence-electron chi connectivity index (χ3n) is 5.46. The van der Waals surface area contributed by atoms with Crippen molar-refractivity contribution in [3.05, 3.63) is 18.2 Å². The molecule has 0 radical (unpaired) electrons. The molecule has 166 valence electrons. The average molecular weight is 455 g/mol. The van der Waals surface area contributed by atoms with Crippen molar-refractivity contribution in [2.24, 2.45) is 0 Å². The van der Waals surface area contributed by atoms with Gasteiger partial charge in [-0.05, 0) is 37.5 Å². The van der Waals surface area contributed by atoms with E-state index in [2.05, 4.69) is 10.2 Å². The molecule has 0 aliphatic carbocycles. The summed E-state index contributed by atoms with van der Waals surface area (Å²) in [5, 5.41) is 2.78. The van der Waals surface area contributed by atoms with Crippen molar-refractivity contribution in [3.63, 3.8) is 0 Å². The van der Waals surface area contributed by atoms with Gasteiger partial charge in [-0.1, -0.05) is 25.6 Å². The molecule has 1 N–H and O–H groups in total. The van der Waals surface area contributed by atoms with Crippen LogP contribution >= 0.6 is 11.8 Å². The molecular weight excluding hydrogens is 424 g/mol. The lowest BCUT2D eigenvalue weighted by atomic mass is 10.1. The summed E-state index contributed by atoms with van der Waals surface area (Å²) in [6.45, 7) is 6.61. The van der Waals surface area contributed by atoms with Gasteiger partial charge in [0.2, 0.25) is 15.9 Å². The minimum atomic E-state index is -3.64. The normalized spacial score (nSPS) is 17.6. The topological polar surface area (TPSA) is 90.0 Å². The Morgan fingerprint density at radius 1 is 1.13 bits per heavy atom. The van der Waals surface area contributed by atoms with Crippen molar-refractivity contribution >= 4 is 44.3 Å². The van der Waals surface area contributed by atoms with E-state index in [1.165, 1.54) is 27.4 Å². The first-order valence-electron chi connectivity index (χ1n) is 10.5. The zero-order chi connectivity index (χ0) is 21.7. The fourth-order valence-electron chi connectivity index (χ4n) is 3.83. The van der Waals surface area contributed by atoms with Crippen molar-refractivity contribution in [2.75, 3.05) is 55.2 Å². The molecule has 3 rings (SSSR count). The number of benzene rings is 1. The van der Waals surface area contributed by atoms with Crippen molar-refractivity contribution in [2.45, 2.75) is 38.0 Å². The van der Waals surface area contributed by atoms with Crippen LogP contribution in [-0.2, 0) is 14.8 Å². The van der Waals surface area contributed by atoms with E-state index in [1.54, 1.807) is 32.0 Å². The second-order valence-electron chi connectivity index (χ2n) is 7.40. The molecule has 0 atom stereocenters. The monoisotopic (exact) mass is 454 g/mol. The second-order valence-corrected chi connectivity index (χ2v) is 10.4. The highest BCUT2D eigenvalue weighted by atomic mass is 32.2. The van der Waals surface area contributed by atoms with Crippen LogP contribution in [0.15, 0.2) is 23.1 Å². The molecule has 2 amide bonds. The molecular formula is C20H30N4O4S2. The van der Waals surface area contributed by atoms with Gasteiger partial charge in [-0.25, -0.2) is 8.42 Å². The number of sulfonamides is 1. The summed E-state index contributed by atoms with van der Waals surface area (Å²) in [7, 11) is -3.64. The molecule has 2 fully saturated rings. The predicted molar refractivity (Wildman–Crippen MR) is 121 cm³/mol. The van der Waals surface area contributed by atoms with E-state index in [4.69, 9.17) is 0 Å². The summed E-state index contributed by atoms with van der Waals surface area (Å²) in [6, 6.07) is 4.96. The van der Waals surface area contributed by atoms with Gasteiger partial charge in [-0.2, -0.15) is 4.31 Å². The predicted octanol–water partition coefficient (Wildman–Crippen LogP) is 2.81. The van der Waals surface area contributed by atoms with E-state index >= 15 is 0 Å². The summed E-state index contributed by atoms with van der Waals surface area (Å²) in [5.41, 5.74) is 1.30. The molecule has 0 bridgehead atoms. The van der Waals surface area contributed by atoms with Crippen LogP contribution in [0, 0.1) is 0 Å². The highest BCUT2D eigenvalue weighted by molar-refractivity contribution is 8.13. The number of hydrogen-bond donors (Lipinski definition) is 1. The second kappa shape index (κ2) is 10.0. The zero-order valence-electron chi connectivity index (χ0n) is 17.6. The number of hydrogen-bond acceptors (Lipinski definition) is 6. The van der Waals surface area contributed by atoms with Gasteiger partial charge in [0.1, 0.15) is 6.54 Å². The van der Waals surface area contributed by atoms with Crippen LogP contribution in [-0.4, -0.2) is 73.8 Å². The number of amides is 2. The lowest BCUT2D eigenvalue weighted by Gasteiger charge is -2.31. The standard InChI is InChI=1S/C20H30N4O4S2/c1-3-24(4-2)30(27,28)16-8-9-18(22-10-6-5-7-11-22)17(14-16)21-19(25)15-23-12-13-29-20(23)26/h8-9,14H,3-7,10-13,15H2,1-2H3,(H,21,25). The number of nitrogens with zero attached hydrogens (tertiary/aromatic N) is 3. The maximum atomic E-state index is 13.0. The largest absolute Gasteiger partial charge is 0.370 e. The summed E-state index contributed by atoms with van der Waals surface area (Å²) < 4.78 is 27.4. The van der Waals surface area contributed by atoms with Crippen LogP contribution in [0.2, 0.25) is 0 Å². The summed E-state index contributed by atoms with van der Waals surface area (Å²) in [5.74, 6) is 0.365. The van der Waals surface area contributed by atoms with E-state index in [9.17, 15) is 18.0 Å². The molecule has 0 unspecified atom stereocenters. The van der Waals surface area contributed by atoms with Crippen LogP contribution in [0.1, 0.15) is 33.1 Å². The van der Waals surface area contributed by atoms with Crippen LogP contribution in [0.5, 0.6) is 0 Å². The fraction of sp³-hybridized carbons (Fsp3) is 0.600. The van der Waals surface area contributed by atoms with Gasteiger partial charge in [0.05, 0.1) is 16.3 Å². The third kappa shape index (κ3) is 5.09. The van der Waals surface area contributed by atoms with Crippen LogP contribution in [0.25, 0.3) is 0 Å². The minimum absolute atomic E-state index is 0.0295. The lowest BCUT2D eigenvalue weighted by molar-refractivity contribution is -0.116. The van der Waals surface area contributed by atoms with Crippen molar-refractivity contribution < 1.29 is 18.0 Å². The summed E-state index contributed by atoms with van der Waals surface area (Å²) in [4.78, 5) is 28.3. The highest BCUT2D eigenvalue weighted by Gasteiger charge is 2.26. The molecule has 10 heteroatoms. The first kappa shape index (κ1) is 22.9. The lowest BCUT2D eigenvalue weighted by Crippen LogP contribution is -2.35. The fourth-order valence-corrected chi connectivity index (χ4v) is 6.14. The average Bonchev–Trinajstić information content (AvgIpc) is 3.13. The number of anilines is 2. The van der Waals surface area contributed by atoms with Crippen LogP contribution in [0.4, 0.5) is 16.2 Å². The molecule has 2 aliphatic heterocycles. The Morgan fingerprint density at radius 2 is 1.83 bits per heavy atom. The molecule has 2 heterocycles. The number of thioether (sulfide) groups is 1. The number of rotatable bonds is 8. The Balaban J connectivity index is 1.89. The van der Waals surface area contributed by atoms with E-state index < -0.39 is 10.0 Å². The van der Waals surface area contributed by atoms with Crippen LogP contribution < -0.4 is 10.2 Å². The Bertz CT molecular complexity index is 881. The van der Waals surface area contributed by atoms with Gasteiger partial charge in [0.25, 0.3) is 5.24 Å². The van der Waals surface area contributed by atoms with Gasteiger partial charge in [0, 0.05) is 38.5 Å². The molecule has 0 saturated carbocycles. The van der Waals surface area contributed by atoms with E-state index in [0.717, 1.165) is 31.6 Å². The molecule has 2 aliphatic rings. The van der Waals surface area contributed by atoms with E-state index in [-0.39, 0.29) is 22.6 Å². The molecule has 30 heavy (non-hydrogen) atoms. The Kier molecular flexibility index (Phi) is 7.65. The zero-order valence-corrected chi connectivity index (χ0v) is 19.2.